The third kappa shape index (κ3) is 6.11. The lowest BCUT2D eigenvalue weighted by atomic mass is 10.1. The maximum absolute atomic E-state index is 11.3. The number of ether oxygens (including phenoxy) is 2. The van der Waals surface area contributed by atoms with Crippen molar-refractivity contribution in [1.82, 2.24) is 10.6 Å². The number of carbonyl (C=O) groups is 2. The average molecular weight is 244 g/mol. The van der Waals surface area contributed by atoms with Crippen LogP contribution in [0.4, 0.5) is 4.79 Å². The molecule has 0 aromatic heterocycles. The van der Waals surface area contributed by atoms with Crippen LogP contribution < -0.4 is 10.6 Å². The first-order valence-electron chi connectivity index (χ1n) is 5.97. The molecule has 1 aliphatic rings. The van der Waals surface area contributed by atoms with E-state index in [0.29, 0.717) is 19.1 Å². The van der Waals surface area contributed by atoms with E-state index in [4.69, 9.17) is 4.74 Å². The van der Waals surface area contributed by atoms with Crippen molar-refractivity contribution >= 4 is 12.0 Å². The van der Waals surface area contributed by atoms with Crippen LogP contribution in [0, 0.1) is 5.92 Å². The fraction of sp³-hybridized carbons (Fsp3) is 0.818. The molecule has 0 radical (unpaired) electrons. The Labute approximate surface area is 101 Å². The topological polar surface area (TPSA) is 76.7 Å². The molecule has 0 bridgehead atoms. The van der Waals surface area contributed by atoms with Gasteiger partial charge in [-0.05, 0) is 25.7 Å². The molecule has 0 saturated carbocycles. The zero-order valence-corrected chi connectivity index (χ0v) is 10.2. The summed E-state index contributed by atoms with van der Waals surface area (Å²) in [6.45, 7) is 4.16. The maximum atomic E-state index is 11.3. The van der Waals surface area contributed by atoms with E-state index >= 15 is 0 Å². The summed E-state index contributed by atoms with van der Waals surface area (Å²) in [5.41, 5.74) is 0. The first-order valence-corrected chi connectivity index (χ1v) is 5.97. The zero-order chi connectivity index (χ0) is 12.5. The maximum Gasteiger partial charge on any atom is 0.325 e. The van der Waals surface area contributed by atoms with E-state index in [-0.39, 0.29) is 12.6 Å². The number of hydrogen-bond donors (Lipinski definition) is 2. The van der Waals surface area contributed by atoms with Crippen LogP contribution in [0.1, 0.15) is 19.8 Å². The quantitative estimate of drug-likeness (QED) is 0.658. The number of urea groups is 1. The van der Waals surface area contributed by atoms with E-state index in [0.717, 1.165) is 26.1 Å². The molecular formula is C11H20N2O4. The van der Waals surface area contributed by atoms with E-state index in [1.165, 1.54) is 0 Å². The Balaban J connectivity index is 1.98. The first kappa shape index (κ1) is 13.8. The minimum atomic E-state index is -0.424. The summed E-state index contributed by atoms with van der Waals surface area (Å²) >= 11 is 0. The lowest BCUT2D eigenvalue weighted by Gasteiger charge is -2.09. The minimum absolute atomic E-state index is 0.0911. The summed E-state index contributed by atoms with van der Waals surface area (Å²) in [5.74, 6) is 0.118. The SMILES string of the molecule is CCOC(=O)CNC(=O)NCCC1CCOC1. The Kier molecular flexibility index (Phi) is 6.39. The molecule has 1 unspecified atom stereocenters. The molecule has 1 fully saturated rings. The van der Waals surface area contributed by atoms with Crippen molar-refractivity contribution in [2.75, 3.05) is 32.9 Å². The Bertz CT molecular complexity index is 252. The highest BCUT2D eigenvalue weighted by molar-refractivity contribution is 5.80. The molecule has 2 amide bonds. The number of amides is 2. The summed E-state index contributed by atoms with van der Waals surface area (Å²) in [4.78, 5) is 22.2. The van der Waals surface area contributed by atoms with E-state index in [1.807, 2.05) is 0 Å². The van der Waals surface area contributed by atoms with Gasteiger partial charge in [0.25, 0.3) is 0 Å². The highest BCUT2D eigenvalue weighted by Gasteiger charge is 2.15. The summed E-state index contributed by atoms with van der Waals surface area (Å²) in [6, 6.07) is -0.336. The van der Waals surface area contributed by atoms with Crippen LogP contribution in [0.15, 0.2) is 0 Å². The van der Waals surface area contributed by atoms with E-state index in [9.17, 15) is 9.59 Å². The van der Waals surface area contributed by atoms with Crippen LogP contribution in [-0.4, -0.2) is 44.9 Å². The molecule has 0 aromatic carbocycles. The summed E-state index contributed by atoms with van der Waals surface area (Å²) < 4.78 is 9.91. The van der Waals surface area contributed by atoms with Crippen LogP contribution in [0.25, 0.3) is 0 Å². The van der Waals surface area contributed by atoms with Crippen molar-refractivity contribution in [2.24, 2.45) is 5.92 Å². The van der Waals surface area contributed by atoms with Crippen LogP contribution >= 0.6 is 0 Å². The summed E-state index contributed by atoms with van der Waals surface area (Å²) in [5, 5.41) is 5.13. The molecular weight excluding hydrogens is 224 g/mol. The predicted octanol–water partition coefficient (Wildman–Crippen LogP) is 0.275. The number of esters is 1. The van der Waals surface area contributed by atoms with Crippen LogP contribution in [0.3, 0.4) is 0 Å². The minimum Gasteiger partial charge on any atom is -0.465 e. The molecule has 6 nitrogen and oxygen atoms in total. The van der Waals surface area contributed by atoms with Crippen molar-refractivity contribution in [3.8, 4) is 0 Å². The van der Waals surface area contributed by atoms with Gasteiger partial charge in [-0.1, -0.05) is 0 Å². The molecule has 1 aliphatic heterocycles. The van der Waals surface area contributed by atoms with Gasteiger partial charge in [0, 0.05) is 19.8 Å². The van der Waals surface area contributed by atoms with E-state index in [2.05, 4.69) is 15.4 Å². The smallest absolute Gasteiger partial charge is 0.325 e. The van der Waals surface area contributed by atoms with Crippen molar-refractivity contribution in [3.63, 3.8) is 0 Å². The monoisotopic (exact) mass is 244 g/mol. The molecule has 1 rings (SSSR count). The Morgan fingerprint density at radius 2 is 2.24 bits per heavy atom. The molecule has 2 N–H and O–H groups in total. The zero-order valence-electron chi connectivity index (χ0n) is 10.2. The third-order valence-electron chi connectivity index (χ3n) is 2.56. The molecule has 0 spiro atoms. The van der Waals surface area contributed by atoms with Gasteiger partial charge in [0.1, 0.15) is 6.54 Å². The predicted molar refractivity (Wildman–Crippen MR) is 61.6 cm³/mol. The van der Waals surface area contributed by atoms with Gasteiger partial charge in [-0.3, -0.25) is 4.79 Å². The van der Waals surface area contributed by atoms with Gasteiger partial charge in [0.15, 0.2) is 0 Å². The average Bonchev–Trinajstić information content (AvgIpc) is 2.80. The number of carbonyl (C=O) groups excluding carboxylic acids is 2. The third-order valence-corrected chi connectivity index (χ3v) is 2.56. The lowest BCUT2D eigenvalue weighted by molar-refractivity contribution is -0.141. The summed E-state index contributed by atoms with van der Waals surface area (Å²) in [6.07, 6.45) is 1.97. The molecule has 98 valence electrons. The van der Waals surface area contributed by atoms with Crippen LogP contribution in [0.2, 0.25) is 0 Å². The van der Waals surface area contributed by atoms with Crippen molar-refractivity contribution < 1.29 is 19.1 Å². The molecule has 0 aromatic rings. The van der Waals surface area contributed by atoms with E-state index < -0.39 is 5.97 Å². The van der Waals surface area contributed by atoms with Crippen LogP contribution in [0.5, 0.6) is 0 Å². The van der Waals surface area contributed by atoms with Gasteiger partial charge in [0.2, 0.25) is 0 Å². The number of hydrogen-bond acceptors (Lipinski definition) is 4. The first-order chi connectivity index (χ1) is 8.22. The van der Waals surface area contributed by atoms with Gasteiger partial charge in [-0.25, -0.2) is 4.79 Å². The number of nitrogens with one attached hydrogen (secondary N) is 2. The lowest BCUT2D eigenvalue weighted by Crippen LogP contribution is -2.39. The van der Waals surface area contributed by atoms with Crippen molar-refractivity contribution in [2.45, 2.75) is 19.8 Å². The summed E-state index contributed by atoms with van der Waals surface area (Å²) in [7, 11) is 0. The number of rotatable bonds is 6. The largest absolute Gasteiger partial charge is 0.465 e. The fourth-order valence-electron chi connectivity index (χ4n) is 1.63. The molecule has 0 aliphatic carbocycles. The van der Waals surface area contributed by atoms with Gasteiger partial charge < -0.3 is 20.1 Å². The standard InChI is InChI=1S/C11H20N2O4/c1-2-17-10(14)7-13-11(15)12-5-3-9-4-6-16-8-9/h9H,2-8H2,1H3,(H2,12,13,15). The second-order valence-electron chi connectivity index (χ2n) is 3.93. The van der Waals surface area contributed by atoms with Gasteiger partial charge in [-0.2, -0.15) is 0 Å². The van der Waals surface area contributed by atoms with Gasteiger partial charge >= 0.3 is 12.0 Å². The normalized spacial score (nSPS) is 18.8. The molecule has 1 saturated heterocycles. The van der Waals surface area contributed by atoms with Crippen molar-refractivity contribution in [1.29, 1.82) is 0 Å². The highest BCUT2D eigenvalue weighted by Crippen LogP contribution is 2.14. The molecule has 17 heavy (non-hydrogen) atoms. The second-order valence-corrected chi connectivity index (χ2v) is 3.93. The Hall–Kier alpha value is -1.30. The van der Waals surface area contributed by atoms with Gasteiger partial charge in [-0.15, -0.1) is 0 Å². The van der Waals surface area contributed by atoms with E-state index in [1.54, 1.807) is 6.92 Å². The van der Waals surface area contributed by atoms with Crippen LogP contribution in [-0.2, 0) is 14.3 Å². The van der Waals surface area contributed by atoms with Gasteiger partial charge in [0.05, 0.1) is 6.61 Å². The Morgan fingerprint density at radius 1 is 1.41 bits per heavy atom. The highest BCUT2D eigenvalue weighted by atomic mass is 16.5. The molecule has 1 atom stereocenters. The second kappa shape index (κ2) is 7.89. The molecule has 1 heterocycles. The Morgan fingerprint density at radius 3 is 2.88 bits per heavy atom. The fourth-order valence-corrected chi connectivity index (χ4v) is 1.63. The molecule has 6 heteroatoms. The van der Waals surface area contributed by atoms with Crippen molar-refractivity contribution in [3.05, 3.63) is 0 Å².